The van der Waals surface area contributed by atoms with E-state index < -0.39 is 0 Å². The lowest BCUT2D eigenvalue weighted by Gasteiger charge is -2.18. The van der Waals surface area contributed by atoms with Gasteiger partial charge in [0.05, 0.1) is 0 Å². The fourth-order valence-electron chi connectivity index (χ4n) is 1.84. The molecule has 0 fully saturated rings. The average Bonchev–Trinajstić information content (AvgIpc) is 2.49. The molecule has 2 N–H and O–H groups in total. The molecule has 116 valence electrons. The van der Waals surface area contributed by atoms with E-state index in [0.717, 1.165) is 18.5 Å². The Balaban J connectivity index is 2.72. The van der Waals surface area contributed by atoms with Gasteiger partial charge in [-0.15, -0.1) is 6.58 Å². The van der Waals surface area contributed by atoms with Gasteiger partial charge in [-0.25, -0.2) is 0 Å². The molecule has 5 heteroatoms. The lowest BCUT2D eigenvalue weighted by atomic mass is 10.1. The van der Waals surface area contributed by atoms with Crippen LogP contribution in [0.5, 0.6) is 5.75 Å². The van der Waals surface area contributed by atoms with E-state index in [9.17, 15) is 4.79 Å². The summed E-state index contributed by atoms with van der Waals surface area (Å²) >= 11 is 6.05. The molecule has 0 heterocycles. The number of nitrogens with one attached hydrogen (secondary N) is 2. The van der Waals surface area contributed by atoms with Crippen molar-refractivity contribution < 1.29 is 9.53 Å². The topological polar surface area (TPSA) is 50.4 Å². The van der Waals surface area contributed by atoms with E-state index in [1.165, 1.54) is 0 Å². The molecule has 0 aliphatic rings. The Hall–Kier alpha value is -1.52. The maximum absolute atomic E-state index is 11.6. The summed E-state index contributed by atoms with van der Waals surface area (Å²) in [5.41, 5.74) is 0.951. The van der Waals surface area contributed by atoms with Gasteiger partial charge in [0, 0.05) is 23.2 Å². The van der Waals surface area contributed by atoms with Crippen molar-refractivity contribution in [1.82, 2.24) is 10.6 Å². The van der Waals surface area contributed by atoms with Crippen molar-refractivity contribution in [3.63, 3.8) is 0 Å². The summed E-state index contributed by atoms with van der Waals surface area (Å²) in [5, 5.41) is 6.71. The average molecular weight is 311 g/mol. The molecule has 0 aliphatic heterocycles. The van der Waals surface area contributed by atoms with Crippen molar-refractivity contribution in [3.05, 3.63) is 41.4 Å². The molecule has 1 aromatic rings. The second-order valence-corrected chi connectivity index (χ2v) is 5.18. The molecule has 0 aromatic heterocycles. The van der Waals surface area contributed by atoms with E-state index in [-0.39, 0.29) is 18.6 Å². The van der Waals surface area contributed by atoms with Gasteiger partial charge in [0.25, 0.3) is 5.91 Å². The minimum absolute atomic E-state index is 0.0248. The monoisotopic (exact) mass is 310 g/mol. The Morgan fingerprint density at radius 1 is 1.52 bits per heavy atom. The van der Waals surface area contributed by atoms with Crippen LogP contribution in [0.4, 0.5) is 0 Å². The summed E-state index contributed by atoms with van der Waals surface area (Å²) in [6, 6.07) is 5.53. The van der Waals surface area contributed by atoms with E-state index in [0.29, 0.717) is 17.3 Å². The van der Waals surface area contributed by atoms with E-state index in [2.05, 4.69) is 24.1 Å². The normalized spacial score (nSPS) is 11.8. The molecule has 0 bridgehead atoms. The van der Waals surface area contributed by atoms with Crippen LogP contribution >= 0.6 is 11.6 Å². The third-order valence-corrected chi connectivity index (χ3v) is 3.18. The minimum atomic E-state index is -0.176. The first kappa shape index (κ1) is 17.5. The molecule has 0 aliphatic carbocycles. The number of amides is 1. The highest BCUT2D eigenvalue weighted by Gasteiger charge is 2.13. The SMILES string of the molecule is C=CCNC(=O)COc1ccc(Cl)cc1C(C)NCCC. The van der Waals surface area contributed by atoms with E-state index in [4.69, 9.17) is 16.3 Å². The summed E-state index contributed by atoms with van der Waals surface area (Å²) in [7, 11) is 0. The molecule has 0 spiro atoms. The van der Waals surface area contributed by atoms with Crippen LogP contribution in [0.15, 0.2) is 30.9 Å². The first-order valence-corrected chi connectivity index (χ1v) is 7.49. The first-order chi connectivity index (χ1) is 10.1. The molecule has 1 amide bonds. The highest BCUT2D eigenvalue weighted by atomic mass is 35.5. The van der Waals surface area contributed by atoms with Crippen LogP contribution in [-0.2, 0) is 4.79 Å². The third kappa shape index (κ3) is 6.19. The van der Waals surface area contributed by atoms with Crippen LogP contribution in [0.3, 0.4) is 0 Å². The van der Waals surface area contributed by atoms with Crippen LogP contribution in [0, 0.1) is 0 Å². The standard InChI is InChI=1S/C16H23ClN2O2/c1-4-8-18-12(3)14-10-13(17)6-7-15(14)21-11-16(20)19-9-5-2/h5-7,10,12,18H,2,4,8-9,11H2,1,3H3,(H,19,20). The molecule has 0 saturated carbocycles. The number of carbonyl (C=O) groups is 1. The highest BCUT2D eigenvalue weighted by Crippen LogP contribution is 2.28. The molecule has 1 aromatic carbocycles. The molecular weight excluding hydrogens is 288 g/mol. The fourth-order valence-corrected chi connectivity index (χ4v) is 2.02. The Kier molecular flexibility index (Phi) is 7.87. The summed E-state index contributed by atoms with van der Waals surface area (Å²) in [4.78, 5) is 11.6. The minimum Gasteiger partial charge on any atom is -0.483 e. The van der Waals surface area contributed by atoms with E-state index in [1.54, 1.807) is 18.2 Å². The predicted molar refractivity (Wildman–Crippen MR) is 86.9 cm³/mol. The van der Waals surface area contributed by atoms with Crippen molar-refractivity contribution in [3.8, 4) is 5.75 Å². The quantitative estimate of drug-likeness (QED) is 0.689. The molecule has 0 radical (unpaired) electrons. The summed E-state index contributed by atoms with van der Waals surface area (Å²) in [5.74, 6) is 0.495. The lowest BCUT2D eigenvalue weighted by molar-refractivity contribution is -0.122. The fraction of sp³-hybridized carbons (Fsp3) is 0.438. The zero-order valence-corrected chi connectivity index (χ0v) is 13.4. The Morgan fingerprint density at radius 3 is 2.95 bits per heavy atom. The number of rotatable bonds is 9. The highest BCUT2D eigenvalue weighted by molar-refractivity contribution is 6.30. The van der Waals surface area contributed by atoms with Gasteiger partial charge in [-0.3, -0.25) is 4.79 Å². The van der Waals surface area contributed by atoms with Gasteiger partial charge in [-0.1, -0.05) is 24.6 Å². The molecular formula is C16H23ClN2O2. The van der Waals surface area contributed by atoms with Gasteiger partial charge in [0.2, 0.25) is 0 Å². The first-order valence-electron chi connectivity index (χ1n) is 7.11. The molecule has 1 rings (SSSR count). The molecule has 1 atom stereocenters. The molecule has 1 unspecified atom stereocenters. The van der Waals surface area contributed by atoms with Crippen LogP contribution in [0.25, 0.3) is 0 Å². The van der Waals surface area contributed by atoms with Gasteiger partial charge in [0.15, 0.2) is 6.61 Å². The number of benzene rings is 1. The van der Waals surface area contributed by atoms with Crippen molar-refractivity contribution >= 4 is 17.5 Å². The van der Waals surface area contributed by atoms with Gasteiger partial charge < -0.3 is 15.4 Å². The Labute approximate surface area is 131 Å². The number of hydrogen-bond donors (Lipinski definition) is 2. The Bertz CT molecular complexity index is 477. The molecule has 0 saturated heterocycles. The second kappa shape index (κ2) is 9.42. The second-order valence-electron chi connectivity index (χ2n) is 4.74. The van der Waals surface area contributed by atoms with E-state index >= 15 is 0 Å². The maximum atomic E-state index is 11.6. The molecule has 4 nitrogen and oxygen atoms in total. The number of ether oxygens (including phenoxy) is 1. The summed E-state index contributed by atoms with van der Waals surface area (Å²) in [6.45, 7) is 9.03. The lowest BCUT2D eigenvalue weighted by Crippen LogP contribution is -2.29. The zero-order chi connectivity index (χ0) is 15.7. The van der Waals surface area contributed by atoms with E-state index in [1.807, 2.05) is 13.0 Å². The number of hydrogen-bond acceptors (Lipinski definition) is 3. The van der Waals surface area contributed by atoms with Gasteiger partial charge in [0.1, 0.15) is 5.75 Å². The number of carbonyl (C=O) groups excluding carboxylic acids is 1. The van der Waals surface area contributed by atoms with Crippen LogP contribution in [0.1, 0.15) is 31.9 Å². The summed E-state index contributed by atoms with van der Waals surface area (Å²) < 4.78 is 5.61. The summed E-state index contributed by atoms with van der Waals surface area (Å²) in [6.07, 6.45) is 2.67. The van der Waals surface area contributed by atoms with Crippen molar-refractivity contribution in [2.24, 2.45) is 0 Å². The van der Waals surface area contributed by atoms with Crippen LogP contribution < -0.4 is 15.4 Å². The predicted octanol–water partition coefficient (Wildman–Crippen LogP) is 3.08. The third-order valence-electron chi connectivity index (χ3n) is 2.94. The Morgan fingerprint density at radius 2 is 2.29 bits per heavy atom. The number of halogens is 1. The maximum Gasteiger partial charge on any atom is 0.258 e. The van der Waals surface area contributed by atoms with Crippen molar-refractivity contribution in [1.29, 1.82) is 0 Å². The smallest absolute Gasteiger partial charge is 0.258 e. The van der Waals surface area contributed by atoms with Gasteiger partial charge in [-0.2, -0.15) is 0 Å². The zero-order valence-electron chi connectivity index (χ0n) is 12.6. The van der Waals surface area contributed by atoms with Gasteiger partial charge in [-0.05, 0) is 38.1 Å². The van der Waals surface area contributed by atoms with Crippen LogP contribution in [-0.4, -0.2) is 25.6 Å². The largest absolute Gasteiger partial charge is 0.483 e. The molecule has 21 heavy (non-hydrogen) atoms. The van der Waals surface area contributed by atoms with Crippen molar-refractivity contribution in [2.75, 3.05) is 19.7 Å². The van der Waals surface area contributed by atoms with Gasteiger partial charge >= 0.3 is 0 Å². The van der Waals surface area contributed by atoms with Crippen LogP contribution in [0.2, 0.25) is 5.02 Å². The van der Waals surface area contributed by atoms with Crippen molar-refractivity contribution in [2.45, 2.75) is 26.3 Å².